The topological polar surface area (TPSA) is 65.5 Å². The predicted octanol–water partition coefficient (Wildman–Crippen LogP) is 2.76. The van der Waals surface area contributed by atoms with E-state index in [1.807, 2.05) is 34.2 Å². The lowest BCUT2D eigenvalue weighted by Gasteiger charge is -2.37. The van der Waals surface area contributed by atoms with E-state index in [0.29, 0.717) is 17.7 Å². The van der Waals surface area contributed by atoms with Gasteiger partial charge in [0.05, 0.1) is 13.1 Å². The lowest BCUT2D eigenvalue weighted by molar-refractivity contribution is -0.139. The first kappa shape index (κ1) is 19.1. The molecule has 2 amide bonds. The number of nitrogens with zero attached hydrogens (tertiary/aromatic N) is 3. The monoisotopic (exact) mass is 398 g/mol. The molecule has 1 saturated carbocycles. The number of rotatable bonds is 6. The fraction of sp³-hybridized carbons (Fsp3) is 0.476. The van der Waals surface area contributed by atoms with E-state index in [0.717, 1.165) is 37.2 Å². The van der Waals surface area contributed by atoms with Gasteiger partial charge in [0.15, 0.2) is 5.13 Å². The zero-order valence-corrected chi connectivity index (χ0v) is 16.8. The Balaban J connectivity index is 1.25. The molecule has 1 saturated heterocycles. The molecule has 2 aromatic rings. The maximum atomic E-state index is 12.5. The second-order valence-corrected chi connectivity index (χ2v) is 8.69. The summed E-state index contributed by atoms with van der Waals surface area (Å²) in [5.74, 6) is 0.0491. The van der Waals surface area contributed by atoms with Crippen molar-refractivity contribution in [1.29, 1.82) is 0 Å². The largest absolute Gasteiger partial charge is 0.337 e. The summed E-state index contributed by atoms with van der Waals surface area (Å²) < 4.78 is 0. The first-order valence-electron chi connectivity index (χ1n) is 9.98. The van der Waals surface area contributed by atoms with Crippen LogP contribution in [0, 0.1) is 0 Å². The van der Waals surface area contributed by atoms with Gasteiger partial charge in [0.25, 0.3) is 0 Å². The van der Waals surface area contributed by atoms with Crippen molar-refractivity contribution in [2.45, 2.75) is 38.1 Å². The van der Waals surface area contributed by atoms with Crippen molar-refractivity contribution in [1.82, 2.24) is 14.8 Å². The minimum Gasteiger partial charge on any atom is -0.337 e. The van der Waals surface area contributed by atoms with E-state index in [2.05, 4.69) is 22.4 Å². The molecule has 0 atom stereocenters. The summed E-state index contributed by atoms with van der Waals surface area (Å²) in [6.07, 6.45) is 7.33. The van der Waals surface area contributed by atoms with E-state index in [-0.39, 0.29) is 18.4 Å². The maximum Gasteiger partial charge on any atom is 0.240 e. The van der Waals surface area contributed by atoms with Crippen molar-refractivity contribution in [2.75, 3.05) is 31.5 Å². The van der Waals surface area contributed by atoms with E-state index < -0.39 is 0 Å². The van der Waals surface area contributed by atoms with Crippen LogP contribution in [-0.2, 0) is 16.0 Å². The number of amides is 2. The van der Waals surface area contributed by atoms with Crippen molar-refractivity contribution in [2.24, 2.45) is 0 Å². The Morgan fingerprint density at radius 3 is 2.71 bits per heavy atom. The molecule has 0 radical (unpaired) electrons. The Bertz CT molecular complexity index is 817. The maximum absolute atomic E-state index is 12.5. The van der Waals surface area contributed by atoms with Crippen molar-refractivity contribution < 1.29 is 9.59 Å². The summed E-state index contributed by atoms with van der Waals surface area (Å²) in [6, 6.07) is 10.6. The average Bonchev–Trinajstić information content (AvgIpc) is 3.35. The SMILES string of the molecule is O=C(CN1CCN(C2CCCC2)C(=O)C1)Nc1ncc(Cc2ccccc2)s1. The van der Waals surface area contributed by atoms with Crippen LogP contribution >= 0.6 is 11.3 Å². The molecular weight excluding hydrogens is 372 g/mol. The van der Waals surface area contributed by atoms with Gasteiger partial charge in [-0.1, -0.05) is 43.2 Å². The first-order valence-corrected chi connectivity index (χ1v) is 10.8. The van der Waals surface area contributed by atoms with Gasteiger partial charge in [-0.05, 0) is 18.4 Å². The number of benzene rings is 1. The van der Waals surface area contributed by atoms with Crippen LogP contribution < -0.4 is 5.32 Å². The summed E-state index contributed by atoms with van der Waals surface area (Å²) in [4.78, 5) is 34.2. The summed E-state index contributed by atoms with van der Waals surface area (Å²) in [6.45, 7) is 2.06. The lowest BCUT2D eigenvalue weighted by atomic mass is 10.1. The molecule has 6 nitrogen and oxygen atoms in total. The van der Waals surface area contributed by atoms with E-state index in [4.69, 9.17) is 0 Å². The van der Waals surface area contributed by atoms with Crippen molar-refractivity contribution in [3.8, 4) is 0 Å². The minimum absolute atomic E-state index is 0.109. The molecule has 7 heteroatoms. The molecule has 1 aromatic carbocycles. The Morgan fingerprint density at radius 2 is 1.96 bits per heavy atom. The second kappa shape index (κ2) is 8.84. The molecule has 0 spiro atoms. The molecule has 148 valence electrons. The highest BCUT2D eigenvalue weighted by Crippen LogP contribution is 2.25. The quantitative estimate of drug-likeness (QED) is 0.813. The van der Waals surface area contributed by atoms with Gasteiger partial charge in [-0.15, -0.1) is 11.3 Å². The highest BCUT2D eigenvalue weighted by atomic mass is 32.1. The Kier molecular flexibility index (Phi) is 6.02. The lowest BCUT2D eigenvalue weighted by Crippen LogP contribution is -2.54. The summed E-state index contributed by atoms with van der Waals surface area (Å²) in [5.41, 5.74) is 1.22. The molecule has 1 N–H and O–H groups in total. The molecule has 1 aromatic heterocycles. The third kappa shape index (κ3) is 4.77. The molecule has 1 aliphatic carbocycles. The minimum atomic E-state index is -0.109. The molecule has 0 bridgehead atoms. The zero-order valence-electron chi connectivity index (χ0n) is 16.0. The van der Waals surface area contributed by atoms with Gasteiger partial charge >= 0.3 is 0 Å². The number of carbonyl (C=O) groups excluding carboxylic acids is 2. The molecule has 0 unspecified atom stereocenters. The highest BCUT2D eigenvalue weighted by Gasteiger charge is 2.31. The smallest absolute Gasteiger partial charge is 0.240 e. The van der Waals surface area contributed by atoms with E-state index in [1.165, 1.54) is 29.7 Å². The normalized spacial score (nSPS) is 18.6. The fourth-order valence-corrected chi connectivity index (χ4v) is 4.94. The van der Waals surface area contributed by atoms with Gasteiger partial charge in [-0.25, -0.2) is 4.98 Å². The summed E-state index contributed by atoms with van der Waals surface area (Å²) in [5, 5.41) is 3.50. The van der Waals surface area contributed by atoms with Crippen LogP contribution in [0.4, 0.5) is 5.13 Å². The van der Waals surface area contributed by atoms with Crippen LogP contribution in [0.3, 0.4) is 0 Å². The number of nitrogens with one attached hydrogen (secondary N) is 1. The van der Waals surface area contributed by atoms with Crippen molar-refractivity contribution >= 4 is 28.3 Å². The van der Waals surface area contributed by atoms with Crippen LogP contribution in [0.5, 0.6) is 0 Å². The van der Waals surface area contributed by atoms with Crippen molar-refractivity contribution in [3.05, 3.63) is 47.0 Å². The predicted molar refractivity (Wildman–Crippen MR) is 110 cm³/mol. The molecular formula is C21H26N4O2S. The highest BCUT2D eigenvalue weighted by molar-refractivity contribution is 7.15. The number of hydrogen-bond donors (Lipinski definition) is 1. The zero-order chi connectivity index (χ0) is 19.3. The Labute approximate surface area is 169 Å². The standard InChI is InChI=1S/C21H26N4O2S/c26-19(14-24-10-11-25(20(27)15-24)17-8-4-5-9-17)23-21-22-13-18(28-21)12-16-6-2-1-3-7-16/h1-3,6-7,13,17H,4-5,8-12,14-15H2,(H,22,23,26). The van der Waals surface area contributed by atoms with E-state index in [1.54, 1.807) is 0 Å². The summed E-state index contributed by atoms with van der Waals surface area (Å²) in [7, 11) is 0. The number of carbonyl (C=O) groups is 2. The average molecular weight is 399 g/mol. The van der Waals surface area contributed by atoms with Crippen LogP contribution in [-0.4, -0.2) is 58.8 Å². The number of hydrogen-bond acceptors (Lipinski definition) is 5. The number of piperazine rings is 1. The summed E-state index contributed by atoms with van der Waals surface area (Å²) >= 11 is 1.50. The van der Waals surface area contributed by atoms with Gasteiger partial charge in [0, 0.05) is 36.6 Å². The van der Waals surface area contributed by atoms with E-state index >= 15 is 0 Å². The molecule has 2 fully saturated rings. The van der Waals surface area contributed by atoms with Gasteiger partial charge in [0.1, 0.15) is 0 Å². The number of aromatic nitrogens is 1. The number of anilines is 1. The molecule has 1 aliphatic heterocycles. The molecule has 4 rings (SSSR count). The third-order valence-electron chi connectivity index (χ3n) is 5.49. The van der Waals surface area contributed by atoms with Gasteiger partial charge in [-0.3, -0.25) is 14.5 Å². The van der Waals surface area contributed by atoms with Gasteiger partial charge < -0.3 is 10.2 Å². The third-order valence-corrected chi connectivity index (χ3v) is 6.40. The Morgan fingerprint density at radius 1 is 1.18 bits per heavy atom. The van der Waals surface area contributed by atoms with Crippen molar-refractivity contribution in [3.63, 3.8) is 0 Å². The first-order chi connectivity index (χ1) is 13.7. The van der Waals surface area contributed by atoms with Crippen LogP contribution in [0.1, 0.15) is 36.1 Å². The van der Waals surface area contributed by atoms with Crippen LogP contribution in [0.15, 0.2) is 36.5 Å². The molecule has 28 heavy (non-hydrogen) atoms. The molecule has 2 aliphatic rings. The molecule has 2 heterocycles. The van der Waals surface area contributed by atoms with E-state index in [9.17, 15) is 9.59 Å². The van der Waals surface area contributed by atoms with Gasteiger partial charge in [0.2, 0.25) is 11.8 Å². The van der Waals surface area contributed by atoms with Crippen LogP contribution in [0.2, 0.25) is 0 Å². The van der Waals surface area contributed by atoms with Crippen LogP contribution in [0.25, 0.3) is 0 Å². The Hall–Kier alpha value is -2.25. The number of thiazole rings is 1. The fourth-order valence-electron chi connectivity index (χ4n) is 4.08. The second-order valence-electron chi connectivity index (χ2n) is 7.58. The van der Waals surface area contributed by atoms with Gasteiger partial charge in [-0.2, -0.15) is 0 Å².